The van der Waals surface area contributed by atoms with Gasteiger partial charge in [-0.05, 0) is 37.5 Å². The van der Waals surface area contributed by atoms with Crippen molar-refractivity contribution in [2.45, 2.75) is 439 Å². The Morgan fingerprint density at radius 1 is 0.293 bits per heavy atom. The van der Waals surface area contributed by atoms with Gasteiger partial charge < -0.3 is 33.8 Å². The van der Waals surface area contributed by atoms with Gasteiger partial charge in [0.1, 0.15) is 19.3 Å². The van der Waals surface area contributed by atoms with Crippen LogP contribution in [0.1, 0.15) is 420 Å². The minimum absolute atomic E-state index is 0.108. The molecule has 0 saturated heterocycles. The van der Waals surface area contributed by atoms with Gasteiger partial charge in [-0.15, -0.1) is 0 Å². The first kappa shape index (κ1) is 97.1. The van der Waals surface area contributed by atoms with Crippen LogP contribution < -0.4 is 0 Å². The lowest BCUT2D eigenvalue weighted by Gasteiger charge is -2.21. The molecule has 0 heterocycles. The Morgan fingerprint density at radius 2 is 0.515 bits per heavy atom. The number of ether oxygens (including phenoxy) is 4. The second-order valence-electron chi connectivity index (χ2n) is 29.5. The van der Waals surface area contributed by atoms with Gasteiger partial charge in [-0.3, -0.25) is 37.3 Å². The molecule has 0 aromatic rings. The maximum absolute atomic E-state index is 13.1. The fraction of sp³-hybridized carbons (Fsp3) is 0.950. The first-order valence-electron chi connectivity index (χ1n) is 41.5. The number of carbonyl (C=O) groups excluding carboxylic acids is 4. The highest BCUT2D eigenvalue weighted by molar-refractivity contribution is 7.47. The molecule has 0 radical (unpaired) electrons. The molecule has 0 aliphatic rings. The van der Waals surface area contributed by atoms with Gasteiger partial charge in [0.2, 0.25) is 0 Å². The van der Waals surface area contributed by atoms with Crippen LogP contribution in [0, 0.1) is 11.8 Å². The summed E-state index contributed by atoms with van der Waals surface area (Å²) in [6, 6.07) is 0. The van der Waals surface area contributed by atoms with E-state index in [1.807, 2.05) is 0 Å². The molecule has 19 heteroatoms. The van der Waals surface area contributed by atoms with Crippen molar-refractivity contribution in [3.8, 4) is 0 Å². The third-order valence-corrected chi connectivity index (χ3v) is 21.0. The zero-order chi connectivity index (χ0) is 72.8. The molecule has 0 aromatic carbocycles. The van der Waals surface area contributed by atoms with Crippen molar-refractivity contribution in [3.05, 3.63) is 0 Å². The topological polar surface area (TPSA) is 237 Å². The molecule has 3 N–H and O–H groups in total. The van der Waals surface area contributed by atoms with Gasteiger partial charge >= 0.3 is 39.5 Å². The second kappa shape index (κ2) is 71.7. The molecule has 0 aromatic heterocycles. The third kappa shape index (κ3) is 72.8. The molecule has 3 unspecified atom stereocenters. The van der Waals surface area contributed by atoms with Crippen LogP contribution in [-0.4, -0.2) is 96.7 Å². The highest BCUT2D eigenvalue weighted by Crippen LogP contribution is 2.45. The van der Waals surface area contributed by atoms with Gasteiger partial charge in [0.25, 0.3) is 0 Å². The molecule has 99 heavy (non-hydrogen) atoms. The van der Waals surface area contributed by atoms with Crippen LogP contribution in [-0.2, 0) is 65.4 Å². The Kier molecular flexibility index (Phi) is 70.3. The van der Waals surface area contributed by atoms with E-state index in [4.69, 9.17) is 37.0 Å². The molecule has 0 spiro atoms. The Balaban J connectivity index is 5.22. The molecule has 0 bridgehead atoms. The first-order chi connectivity index (χ1) is 47.9. The third-order valence-electron chi connectivity index (χ3n) is 19.1. The molecule has 0 saturated carbocycles. The molecule has 588 valence electrons. The second-order valence-corrected chi connectivity index (χ2v) is 32.4. The lowest BCUT2D eigenvalue weighted by Crippen LogP contribution is -2.30. The van der Waals surface area contributed by atoms with E-state index >= 15 is 0 Å². The minimum Gasteiger partial charge on any atom is -0.462 e. The molecule has 0 aliphatic carbocycles. The van der Waals surface area contributed by atoms with Gasteiger partial charge in [0, 0.05) is 25.7 Å². The van der Waals surface area contributed by atoms with Crippen LogP contribution in [0.2, 0.25) is 0 Å². The van der Waals surface area contributed by atoms with Crippen LogP contribution in [0.4, 0.5) is 0 Å². The molecule has 0 amide bonds. The quantitative estimate of drug-likeness (QED) is 0.0222. The van der Waals surface area contributed by atoms with E-state index in [2.05, 4.69) is 41.5 Å². The van der Waals surface area contributed by atoms with Gasteiger partial charge in [-0.1, -0.05) is 369 Å². The van der Waals surface area contributed by atoms with Crippen molar-refractivity contribution in [2.24, 2.45) is 11.8 Å². The number of unbranched alkanes of at least 4 members (excludes halogenated alkanes) is 48. The highest BCUT2D eigenvalue weighted by atomic mass is 31.2. The Morgan fingerprint density at radius 3 is 0.768 bits per heavy atom. The van der Waals surface area contributed by atoms with Crippen molar-refractivity contribution in [1.82, 2.24) is 0 Å². The van der Waals surface area contributed by atoms with E-state index in [1.165, 1.54) is 238 Å². The van der Waals surface area contributed by atoms with Crippen molar-refractivity contribution in [2.75, 3.05) is 39.6 Å². The standard InChI is InChI=1S/C80H156O17P2/c1-7-10-12-14-16-18-19-26-34-40-46-52-58-64-79(84)96-75(68-90-77(82)62-56-50-44-36-17-15-13-11-8-2)70-94-98(86,87)92-66-74(81)67-93-99(88,89)95-71-76(69-91-78(83)63-57-51-45-39-33-29-25-24-28-32-38-43-49-55-61-73(6)9-3)97-80(85)65-59-53-47-41-35-30-23-21-20-22-27-31-37-42-48-54-60-72(4)5/h72-76,81H,7-71H2,1-6H3,(H,86,87)(H,88,89)/t73?,74-,75+,76+/m0/s1. The molecular formula is C80H156O17P2. The van der Waals surface area contributed by atoms with E-state index in [-0.39, 0.29) is 25.7 Å². The zero-order valence-corrected chi connectivity index (χ0v) is 66.6. The summed E-state index contributed by atoms with van der Waals surface area (Å²) in [7, 11) is -9.91. The van der Waals surface area contributed by atoms with Crippen LogP contribution in [0.5, 0.6) is 0 Å². The average molecular weight is 1450 g/mol. The number of phosphoric ester groups is 2. The van der Waals surface area contributed by atoms with Crippen LogP contribution in [0.15, 0.2) is 0 Å². The fourth-order valence-electron chi connectivity index (χ4n) is 12.3. The van der Waals surface area contributed by atoms with Gasteiger partial charge in [0.05, 0.1) is 26.4 Å². The number of hydrogen-bond donors (Lipinski definition) is 3. The molecule has 0 aliphatic heterocycles. The molecule has 17 nitrogen and oxygen atoms in total. The summed E-state index contributed by atoms with van der Waals surface area (Å²) in [5, 5.41) is 10.6. The maximum atomic E-state index is 13.1. The van der Waals surface area contributed by atoms with Gasteiger partial charge in [0.15, 0.2) is 12.2 Å². The Bertz CT molecular complexity index is 1910. The summed E-state index contributed by atoms with van der Waals surface area (Å²) in [5.41, 5.74) is 0. The average Bonchev–Trinajstić information content (AvgIpc) is 1.02. The van der Waals surface area contributed by atoms with Crippen molar-refractivity contribution < 1.29 is 80.2 Å². The van der Waals surface area contributed by atoms with Gasteiger partial charge in [-0.25, -0.2) is 9.13 Å². The Labute approximate surface area is 607 Å². The SMILES string of the molecule is CCCCCCCCCCCCCCCC(=O)O[C@H](COC(=O)CCCCCCCCCCC)COP(=O)(O)OC[C@H](O)COP(=O)(O)OC[C@@H](COC(=O)CCCCCCCCCCCCCCCCC(C)CC)OC(=O)CCCCCCCCCCCCCCCCCCC(C)C. The normalized spacial score (nSPS) is 14.2. The Hall–Kier alpha value is -1.94. The largest absolute Gasteiger partial charge is 0.472 e. The van der Waals surface area contributed by atoms with E-state index in [1.54, 1.807) is 0 Å². The zero-order valence-electron chi connectivity index (χ0n) is 64.8. The number of phosphoric acid groups is 2. The molecule has 0 rings (SSSR count). The van der Waals surface area contributed by atoms with Crippen molar-refractivity contribution in [1.29, 1.82) is 0 Å². The van der Waals surface area contributed by atoms with Crippen LogP contribution in [0.3, 0.4) is 0 Å². The molecule has 0 fully saturated rings. The summed E-state index contributed by atoms with van der Waals surface area (Å²) < 4.78 is 68.6. The van der Waals surface area contributed by atoms with Crippen molar-refractivity contribution >= 4 is 39.5 Å². The highest BCUT2D eigenvalue weighted by Gasteiger charge is 2.30. The van der Waals surface area contributed by atoms with E-state index in [0.29, 0.717) is 25.7 Å². The predicted octanol–water partition coefficient (Wildman–Crippen LogP) is 23.9. The van der Waals surface area contributed by atoms with Gasteiger partial charge in [-0.2, -0.15) is 0 Å². The van der Waals surface area contributed by atoms with E-state index < -0.39 is 97.5 Å². The number of rotatable bonds is 79. The summed E-state index contributed by atoms with van der Waals surface area (Å²) in [6.07, 6.45) is 60.9. The molecule has 6 atom stereocenters. The maximum Gasteiger partial charge on any atom is 0.472 e. The number of esters is 4. The number of carbonyl (C=O) groups is 4. The summed E-state index contributed by atoms with van der Waals surface area (Å²) >= 11 is 0. The number of aliphatic hydroxyl groups is 1. The van der Waals surface area contributed by atoms with Crippen LogP contribution in [0.25, 0.3) is 0 Å². The minimum atomic E-state index is -4.96. The smallest absolute Gasteiger partial charge is 0.462 e. The van der Waals surface area contributed by atoms with Crippen molar-refractivity contribution in [3.63, 3.8) is 0 Å². The molecular weight excluding hydrogens is 1290 g/mol. The summed E-state index contributed by atoms with van der Waals surface area (Å²) in [4.78, 5) is 72.9. The number of aliphatic hydroxyl groups excluding tert-OH is 1. The van der Waals surface area contributed by atoms with E-state index in [9.17, 15) is 43.2 Å². The fourth-order valence-corrected chi connectivity index (χ4v) is 13.9. The van der Waals surface area contributed by atoms with Crippen LogP contribution >= 0.6 is 15.6 Å². The lowest BCUT2D eigenvalue weighted by molar-refractivity contribution is -0.161. The predicted molar refractivity (Wildman–Crippen MR) is 405 cm³/mol. The first-order valence-corrected chi connectivity index (χ1v) is 44.5. The lowest BCUT2D eigenvalue weighted by atomic mass is 9.99. The number of hydrogen-bond acceptors (Lipinski definition) is 15. The summed E-state index contributed by atoms with van der Waals surface area (Å²) in [5.74, 6) is -0.450. The van der Waals surface area contributed by atoms with E-state index in [0.717, 1.165) is 102 Å². The summed E-state index contributed by atoms with van der Waals surface area (Å²) in [6.45, 7) is 9.70. The monoisotopic (exact) mass is 1450 g/mol.